The zero-order valence-corrected chi connectivity index (χ0v) is 18.2. The highest BCUT2D eigenvalue weighted by Crippen LogP contribution is 2.24. The molecule has 0 radical (unpaired) electrons. The van der Waals surface area contributed by atoms with Gasteiger partial charge in [0.25, 0.3) is 5.91 Å². The summed E-state index contributed by atoms with van der Waals surface area (Å²) in [5.41, 5.74) is 1.41. The van der Waals surface area contributed by atoms with E-state index < -0.39 is 0 Å². The summed E-state index contributed by atoms with van der Waals surface area (Å²) >= 11 is 5.92. The van der Waals surface area contributed by atoms with E-state index in [1.807, 2.05) is 19.1 Å². The number of hydrogen-bond acceptors (Lipinski definition) is 5. The number of halogens is 1. The van der Waals surface area contributed by atoms with Gasteiger partial charge in [-0.15, -0.1) is 0 Å². The van der Waals surface area contributed by atoms with Crippen LogP contribution in [0.15, 0.2) is 80.8 Å². The number of amides is 1. The maximum absolute atomic E-state index is 12.9. The largest absolute Gasteiger partial charge is 0.484 e. The second-order valence-corrected chi connectivity index (χ2v) is 7.96. The summed E-state index contributed by atoms with van der Waals surface area (Å²) in [5, 5.41) is 3.93. The third-order valence-electron chi connectivity index (χ3n) is 5.08. The summed E-state index contributed by atoms with van der Waals surface area (Å²) in [6.07, 6.45) is 4.56. The molecular weight excluding hydrogens is 430 g/mol. The van der Waals surface area contributed by atoms with Gasteiger partial charge in [-0.05, 0) is 55.3 Å². The molecule has 0 bridgehead atoms. The van der Waals surface area contributed by atoms with Crippen molar-refractivity contribution in [1.82, 2.24) is 5.32 Å². The van der Waals surface area contributed by atoms with Crippen LogP contribution in [0.4, 0.5) is 0 Å². The zero-order chi connectivity index (χ0) is 22.5. The normalized spacial score (nSPS) is 11.9. The summed E-state index contributed by atoms with van der Waals surface area (Å²) in [7, 11) is 0. The molecule has 2 aromatic heterocycles. The van der Waals surface area contributed by atoms with Gasteiger partial charge in [-0.25, -0.2) is 0 Å². The molecule has 2 aromatic carbocycles. The molecule has 1 amide bonds. The summed E-state index contributed by atoms with van der Waals surface area (Å²) in [5.74, 6) is 1.11. The molecule has 0 saturated heterocycles. The van der Waals surface area contributed by atoms with Crippen LogP contribution in [-0.2, 0) is 11.2 Å². The predicted octanol–water partition coefficient (Wildman–Crippen LogP) is 5.22. The fourth-order valence-electron chi connectivity index (χ4n) is 3.38. The Kier molecular flexibility index (Phi) is 6.61. The summed E-state index contributed by atoms with van der Waals surface area (Å²) in [4.78, 5) is 25.0. The smallest absolute Gasteiger partial charge is 0.258 e. The number of ether oxygens (including phenoxy) is 1. The number of benzene rings is 2. The van der Waals surface area contributed by atoms with Crippen LogP contribution in [0.25, 0.3) is 22.1 Å². The second-order valence-electron chi connectivity index (χ2n) is 7.52. The molecule has 32 heavy (non-hydrogen) atoms. The molecule has 164 valence electrons. The highest BCUT2D eigenvalue weighted by Gasteiger charge is 2.12. The fourth-order valence-corrected chi connectivity index (χ4v) is 3.50. The molecule has 0 spiro atoms. The summed E-state index contributed by atoms with van der Waals surface area (Å²) in [6, 6.07) is 15.6. The van der Waals surface area contributed by atoms with E-state index in [0.717, 1.165) is 24.2 Å². The quantitative estimate of drug-likeness (QED) is 0.397. The van der Waals surface area contributed by atoms with Gasteiger partial charge in [0, 0.05) is 23.6 Å². The first-order chi connectivity index (χ1) is 15.5. The molecule has 4 rings (SSSR count). The first-order valence-corrected chi connectivity index (χ1v) is 10.6. The minimum atomic E-state index is -0.225. The average Bonchev–Trinajstić information content (AvgIpc) is 3.31. The number of hydrogen-bond donors (Lipinski definition) is 1. The lowest BCUT2D eigenvalue weighted by molar-refractivity contribution is -0.123. The van der Waals surface area contributed by atoms with Crippen molar-refractivity contribution < 1.29 is 18.4 Å². The van der Waals surface area contributed by atoms with Crippen LogP contribution in [-0.4, -0.2) is 18.6 Å². The SMILES string of the molecule is C[C@@H](CCc1ccco1)NC(=O)COc1ccc2c(=O)c(-c3ccc(Cl)cc3)coc2c1. The van der Waals surface area contributed by atoms with E-state index in [1.165, 1.54) is 6.26 Å². The zero-order valence-electron chi connectivity index (χ0n) is 17.5. The van der Waals surface area contributed by atoms with Crippen LogP contribution in [0.2, 0.25) is 5.02 Å². The number of carbonyl (C=O) groups excluding carboxylic acids is 1. The van der Waals surface area contributed by atoms with Gasteiger partial charge in [0.15, 0.2) is 12.0 Å². The minimum absolute atomic E-state index is 0.0166. The van der Waals surface area contributed by atoms with E-state index in [-0.39, 0.29) is 24.0 Å². The van der Waals surface area contributed by atoms with Crippen molar-refractivity contribution in [2.45, 2.75) is 25.8 Å². The second kappa shape index (κ2) is 9.75. The minimum Gasteiger partial charge on any atom is -0.484 e. The molecule has 7 heteroatoms. The number of aryl methyl sites for hydroxylation is 1. The van der Waals surface area contributed by atoms with E-state index in [1.54, 1.807) is 48.7 Å². The van der Waals surface area contributed by atoms with E-state index in [9.17, 15) is 9.59 Å². The van der Waals surface area contributed by atoms with E-state index >= 15 is 0 Å². The molecule has 1 atom stereocenters. The Hall–Kier alpha value is -3.51. The molecule has 2 heterocycles. The van der Waals surface area contributed by atoms with Crippen LogP contribution in [0, 0.1) is 0 Å². The Labute approximate surface area is 189 Å². The van der Waals surface area contributed by atoms with E-state index in [2.05, 4.69) is 5.32 Å². The Morgan fingerprint density at radius 2 is 1.94 bits per heavy atom. The number of rotatable bonds is 8. The molecule has 4 aromatic rings. The lowest BCUT2D eigenvalue weighted by atomic mass is 10.1. The molecule has 0 aliphatic heterocycles. The molecule has 0 aliphatic rings. The van der Waals surface area contributed by atoms with E-state index in [4.69, 9.17) is 25.2 Å². The summed E-state index contributed by atoms with van der Waals surface area (Å²) in [6.45, 7) is 1.80. The van der Waals surface area contributed by atoms with Gasteiger partial charge in [0.2, 0.25) is 0 Å². The van der Waals surface area contributed by atoms with Crippen LogP contribution in [0.3, 0.4) is 0 Å². The van der Waals surface area contributed by atoms with Gasteiger partial charge >= 0.3 is 0 Å². The van der Waals surface area contributed by atoms with Gasteiger partial charge < -0.3 is 18.9 Å². The Bertz CT molecular complexity index is 1260. The molecule has 0 unspecified atom stereocenters. The molecule has 0 fully saturated rings. The summed E-state index contributed by atoms with van der Waals surface area (Å²) < 4.78 is 16.6. The average molecular weight is 452 g/mol. The maximum atomic E-state index is 12.9. The lowest BCUT2D eigenvalue weighted by Gasteiger charge is -2.14. The van der Waals surface area contributed by atoms with Crippen LogP contribution >= 0.6 is 11.6 Å². The van der Waals surface area contributed by atoms with Gasteiger partial charge in [-0.2, -0.15) is 0 Å². The molecular formula is C25H22ClNO5. The molecule has 0 aliphatic carbocycles. The number of nitrogens with one attached hydrogen (secondary N) is 1. The van der Waals surface area contributed by atoms with Crippen molar-refractivity contribution in [2.75, 3.05) is 6.61 Å². The van der Waals surface area contributed by atoms with Crippen LogP contribution < -0.4 is 15.5 Å². The van der Waals surface area contributed by atoms with Crippen molar-refractivity contribution in [3.05, 3.63) is 88.1 Å². The topological polar surface area (TPSA) is 81.7 Å². The third kappa shape index (κ3) is 5.21. The van der Waals surface area contributed by atoms with Crippen LogP contribution in [0.5, 0.6) is 5.75 Å². The van der Waals surface area contributed by atoms with E-state index in [0.29, 0.717) is 27.3 Å². The molecule has 0 saturated carbocycles. The number of furan rings is 1. The number of fused-ring (bicyclic) bond motifs is 1. The molecule has 1 N–H and O–H groups in total. The first kappa shape index (κ1) is 21.7. The molecule has 6 nitrogen and oxygen atoms in total. The van der Waals surface area contributed by atoms with Crippen LogP contribution in [0.1, 0.15) is 19.1 Å². The lowest BCUT2D eigenvalue weighted by Crippen LogP contribution is -2.36. The van der Waals surface area contributed by atoms with Gasteiger partial charge in [0.1, 0.15) is 23.4 Å². The first-order valence-electron chi connectivity index (χ1n) is 10.3. The fraction of sp³-hybridized carbons (Fsp3) is 0.200. The highest BCUT2D eigenvalue weighted by molar-refractivity contribution is 6.30. The predicted molar refractivity (Wildman–Crippen MR) is 123 cm³/mol. The van der Waals surface area contributed by atoms with Gasteiger partial charge in [0.05, 0.1) is 17.2 Å². The monoisotopic (exact) mass is 451 g/mol. The van der Waals surface area contributed by atoms with Crippen molar-refractivity contribution in [2.24, 2.45) is 0 Å². The Morgan fingerprint density at radius 3 is 2.69 bits per heavy atom. The Morgan fingerprint density at radius 1 is 1.12 bits per heavy atom. The standard InChI is InChI=1S/C25H22ClNO5/c1-16(4-9-19-3-2-12-30-19)27-24(28)15-31-20-10-11-21-23(13-20)32-14-22(25(21)29)17-5-7-18(26)8-6-17/h2-3,5-8,10-14,16H,4,9,15H2,1H3,(H,27,28)/t16-/m0/s1. The number of carbonyl (C=O) groups is 1. The van der Waals surface area contributed by atoms with Crippen molar-refractivity contribution in [3.8, 4) is 16.9 Å². The maximum Gasteiger partial charge on any atom is 0.258 e. The Balaban J connectivity index is 1.37. The highest BCUT2D eigenvalue weighted by atomic mass is 35.5. The van der Waals surface area contributed by atoms with Crippen molar-refractivity contribution in [3.63, 3.8) is 0 Å². The third-order valence-corrected chi connectivity index (χ3v) is 5.33. The van der Waals surface area contributed by atoms with Crippen molar-refractivity contribution in [1.29, 1.82) is 0 Å². The van der Waals surface area contributed by atoms with Gasteiger partial charge in [-0.3, -0.25) is 9.59 Å². The van der Waals surface area contributed by atoms with Crippen molar-refractivity contribution >= 4 is 28.5 Å². The van der Waals surface area contributed by atoms with Gasteiger partial charge in [-0.1, -0.05) is 23.7 Å².